The van der Waals surface area contributed by atoms with Crippen molar-refractivity contribution in [2.24, 2.45) is 4.99 Å². The molecule has 5 heteroatoms. The van der Waals surface area contributed by atoms with Gasteiger partial charge in [0.1, 0.15) is 17.0 Å². The van der Waals surface area contributed by atoms with Crippen LogP contribution in [0.3, 0.4) is 0 Å². The van der Waals surface area contributed by atoms with Crippen LogP contribution in [0.1, 0.15) is 5.69 Å². The third kappa shape index (κ3) is 0.740. The number of aliphatic imine (C=N–C) groups is 1. The Morgan fingerprint density at radius 2 is 2.50 bits per heavy atom. The number of rotatable bonds is 0. The zero-order valence-electron chi connectivity index (χ0n) is 5.06. The van der Waals surface area contributed by atoms with Gasteiger partial charge in [-0.3, -0.25) is 4.99 Å². The lowest BCUT2D eigenvalue weighted by molar-refractivity contribution is 1.10. The Labute approximate surface area is 65.9 Å². The first-order valence-corrected chi connectivity index (χ1v) is 3.65. The first-order chi connectivity index (χ1) is 4.88. The second-order valence-corrected chi connectivity index (χ2v) is 2.66. The first kappa shape index (κ1) is 5.91. The molecule has 0 aliphatic carbocycles. The largest absolute Gasteiger partial charge is 0.349 e. The molecule has 10 heavy (non-hydrogen) atoms. The number of H-pyrrole nitrogens is 1. The summed E-state index contributed by atoms with van der Waals surface area (Å²) in [5, 5.41) is 3.01. The predicted octanol–water partition coefficient (Wildman–Crippen LogP) is 0.934. The summed E-state index contributed by atoms with van der Waals surface area (Å²) in [5.41, 5.74) is 0.922. The van der Waals surface area contributed by atoms with E-state index in [0.717, 1.165) is 16.1 Å². The molecule has 1 aromatic rings. The monoisotopic (exact) mass is 200 g/mol. The summed E-state index contributed by atoms with van der Waals surface area (Å²) >= 11 is 3.30. The Hall–Kier alpha value is -0.840. The Kier molecular flexibility index (Phi) is 1.23. The highest BCUT2D eigenvalue weighted by atomic mass is 79.9. The number of imidazole rings is 1. The number of nitrogens with zero attached hydrogens (tertiary/aromatic N) is 2. The van der Waals surface area contributed by atoms with Crippen LogP contribution in [0.15, 0.2) is 11.3 Å². The van der Waals surface area contributed by atoms with Crippen LogP contribution in [-0.4, -0.2) is 21.3 Å². The summed E-state index contributed by atoms with van der Waals surface area (Å²) in [6, 6.07) is 0. The van der Waals surface area contributed by atoms with Crippen molar-refractivity contribution in [3.63, 3.8) is 0 Å². The molecule has 2 N–H and O–H groups in total. The summed E-state index contributed by atoms with van der Waals surface area (Å²) < 4.78 is 0.832. The molecular formula is C5H5BrN4. The van der Waals surface area contributed by atoms with Gasteiger partial charge in [-0.05, 0) is 15.9 Å². The molecule has 2 heterocycles. The zero-order chi connectivity index (χ0) is 6.97. The van der Waals surface area contributed by atoms with Gasteiger partial charge in [0.25, 0.3) is 0 Å². The van der Waals surface area contributed by atoms with Crippen LogP contribution in [0.25, 0.3) is 0 Å². The SMILES string of the molecule is BrC1=NCNc2nc[nH]c21. The van der Waals surface area contributed by atoms with Gasteiger partial charge >= 0.3 is 0 Å². The van der Waals surface area contributed by atoms with Crippen molar-refractivity contribution in [2.45, 2.75) is 0 Å². The van der Waals surface area contributed by atoms with Crippen LogP contribution >= 0.6 is 15.9 Å². The van der Waals surface area contributed by atoms with Crippen molar-refractivity contribution in [3.05, 3.63) is 12.0 Å². The molecule has 0 amide bonds. The van der Waals surface area contributed by atoms with E-state index in [1.165, 1.54) is 0 Å². The van der Waals surface area contributed by atoms with Crippen LogP contribution in [0.5, 0.6) is 0 Å². The lowest BCUT2D eigenvalue weighted by Crippen LogP contribution is -2.10. The lowest BCUT2D eigenvalue weighted by Gasteiger charge is -2.07. The molecule has 0 atom stereocenters. The van der Waals surface area contributed by atoms with E-state index in [1.807, 2.05) is 0 Å². The molecule has 0 spiro atoms. The van der Waals surface area contributed by atoms with Crippen LogP contribution < -0.4 is 5.32 Å². The van der Waals surface area contributed by atoms with E-state index in [-0.39, 0.29) is 0 Å². The van der Waals surface area contributed by atoms with Gasteiger partial charge in [0.05, 0.1) is 6.33 Å². The standard InChI is InChI=1S/C5H5BrN4/c6-4-3-5(9-1-7-3)10-2-8-4/h1,10H,2H2,(H,7,9). The van der Waals surface area contributed by atoms with Gasteiger partial charge in [0.15, 0.2) is 5.82 Å². The Morgan fingerprint density at radius 3 is 3.30 bits per heavy atom. The maximum absolute atomic E-state index is 4.09. The van der Waals surface area contributed by atoms with Crippen molar-refractivity contribution < 1.29 is 0 Å². The van der Waals surface area contributed by atoms with Gasteiger partial charge in [0.2, 0.25) is 0 Å². The van der Waals surface area contributed by atoms with Crippen LogP contribution in [0, 0.1) is 0 Å². The maximum Gasteiger partial charge on any atom is 0.155 e. The Balaban J connectivity index is 2.55. The lowest BCUT2D eigenvalue weighted by atomic mass is 10.4. The summed E-state index contributed by atoms with van der Waals surface area (Å²) in [4.78, 5) is 11.1. The molecule has 0 saturated carbocycles. The third-order valence-corrected chi connectivity index (χ3v) is 1.96. The van der Waals surface area contributed by atoms with E-state index in [2.05, 4.69) is 36.2 Å². The maximum atomic E-state index is 4.09. The summed E-state index contributed by atoms with van der Waals surface area (Å²) in [5.74, 6) is 0.863. The van der Waals surface area contributed by atoms with Crippen LogP contribution in [0.4, 0.5) is 5.82 Å². The molecule has 2 rings (SSSR count). The summed E-state index contributed by atoms with van der Waals surface area (Å²) in [6.07, 6.45) is 1.64. The number of aromatic nitrogens is 2. The second kappa shape index (κ2) is 2.09. The van der Waals surface area contributed by atoms with Gasteiger partial charge in [-0.1, -0.05) is 0 Å². The molecule has 1 aliphatic heterocycles. The Bertz CT molecular complexity index is 277. The minimum absolute atomic E-state index is 0.596. The molecular weight excluding hydrogens is 196 g/mol. The average molecular weight is 201 g/mol. The van der Waals surface area contributed by atoms with Crippen molar-refractivity contribution in [1.82, 2.24) is 9.97 Å². The molecule has 0 saturated heterocycles. The molecule has 0 unspecified atom stereocenters. The van der Waals surface area contributed by atoms with Crippen molar-refractivity contribution in [2.75, 3.05) is 12.0 Å². The predicted molar refractivity (Wildman–Crippen MR) is 42.5 cm³/mol. The summed E-state index contributed by atoms with van der Waals surface area (Å²) in [6.45, 7) is 0.596. The zero-order valence-corrected chi connectivity index (χ0v) is 6.64. The number of anilines is 1. The van der Waals surface area contributed by atoms with Crippen LogP contribution in [-0.2, 0) is 0 Å². The third-order valence-electron chi connectivity index (χ3n) is 1.31. The minimum Gasteiger partial charge on any atom is -0.349 e. The fourth-order valence-electron chi connectivity index (χ4n) is 0.848. The highest BCUT2D eigenvalue weighted by Gasteiger charge is 2.12. The number of aromatic amines is 1. The van der Waals surface area contributed by atoms with Crippen LogP contribution in [0.2, 0.25) is 0 Å². The molecule has 1 aliphatic rings. The minimum atomic E-state index is 0.596. The molecule has 0 bridgehead atoms. The molecule has 1 aromatic heterocycles. The smallest absolute Gasteiger partial charge is 0.155 e. The molecule has 4 nitrogen and oxygen atoms in total. The van der Waals surface area contributed by atoms with E-state index in [0.29, 0.717) is 6.67 Å². The van der Waals surface area contributed by atoms with Gasteiger partial charge in [-0.25, -0.2) is 4.98 Å². The Morgan fingerprint density at radius 1 is 1.60 bits per heavy atom. The molecule has 52 valence electrons. The fourth-order valence-corrected chi connectivity index (χ4v) is 1.28. The summed E-state index contributed by atoms with van der Waals surface area (Å²) in [7, 11) is 0. The number of fused-ring (bicyclic) bond motifs is 1. The first-order valence-electron chi connectivity index (χ1n) is 2.85. The number of halogens is 1. The quantitative estimate of drug-likeness (QED) is 0.656. The van der Waals surface area contributed by atoms with E-state index in [1.54, 1.807) is 6.33 Å². The van der Waals surface area contributed by atoms with Gasteiger partial charge in [0, 0.05) is 0 Å². The highest BCUT2D eigenvalue weighted by molar-refractivity contribution is 9.18. The van der Waals surface area contributed by atoms with E-state index in [9.17, 15) is 0 Å². The number of nitrogens with one attached hydrogen (secondary N) is 2. The molecule has 0 fully saturated rings. The van der Waals surface area contributed by atoms with Gasteiger partial charge < -0.3 is 10.3 Å². The fraction of sp³-hybridized carbons (Fsp3) is 0.200. The van der Waals surface area contributed by atoms with Gasteiger partial charge in [-0.2, -0.15) is 0 Å². The van der Waals surface area contributed by atoms with E-state index in [4.69, 9.17) is 0 Å². The topological polar surface area (TPSA) is 53.1 Å². The molecule has 0 radical (unpaired) electrons. The highest BCUT2D eigenvalue weighted by Crippen LogP contribution is 2.17. The average Bonchev–Trinajstić information content (AvgIpc) is 2.36. The number of hydrogen-bond donors (Lipinski definition) is 2. The van der Waals surface area contributed by atoms with Crippen molar-refractivity contribution in [1.29, 1.82) is 0 Å². The van der Waals surface area contributed by atoms with Gasteiger partial charge in [-0.15, -0.1) is 0 Å². The molecule has 0 aromatic carbocycles. The second-order valence-electron chi connectivity index (χ2n) is 1.91. The van der Waals surface area contributed by atoms with Crippen molar-refractivity contribution in [3.8, 4) is 0 Å². The normalized spacial score (nSPS) is 15.5. The van der Waals surface area contributed by atoms with Crippen molar-refractivity contribution >= 4 is 26.4 Å². The van der Waals surface area contributed by atoms with E-state index < -0.39 is 0 Å². The van der Waals surface area contributed by atoms with E-state index >= 15 is 0 Å². The number of hydrogen-bond acceptors (Lipinski definition) is 3.